The minimum absolute atomic E-state index is 0.0638. The van der Waals surface area contributed by atoms with Crippen LogP contribution in [0.25, 0.3) is 0 Å². The summed E-state index contributed by atoms with van der Waals surface area (Å²) >= 11 is 0. The van der Waals surface area contributed by atoms with Crippen LogP contribution in [0.2, 0.25) is 0 Å². The van der Waals surface area contributed by atoms with Crippen LogP contribution in [0.5, 0.6) is 0 Å². The summed E-state index contributed by atoms with van der Waals surface area (Å²) in [5.74, 6) is 0.708. The molecule has 1 aliphatic rings. The number of carbonyl (C=O) groups is 1. The Kier molecular flexibility index (Phi) is 7.45. The van der Waals surface area contributed by atoms with Gasteiger partial charge in [-0.1, -0.05) is 12.1 Å². The monoisotopic (exact) mass is 360 g/mol. The van der Waals surface area contributed by atoms with Crippen molar-refractivity contribution < 1.29 is 9.53 Å². The highest BCUT2D eigenvalue weighted by Crippen LogP contribution is 2.11. The highest BCUT2D eigenvalue weighted by molar-refractivity contribution is 5.94. The predicted octanol–water partition coefficient (Wildman–Crippen LogP) is 2.45. The molecule has 0 aromatic heterocycles. The molecule has 0 aliphatic carbocycles. The quantitative estimate of drug-likeness (QED) is 0.538. The van der Waals surface area contributed by atoms with Gasteiger partial charge in [0.2, 0.25) is 0 Å². The molecule has 1 amide bonds. The number of rotatable bonds is 6. The molecule has 0 bridgehead atoms. The third-order valence-electron chi connectivity index (χ3n) is 3.96. The van der Waals surface area contributed by atoms with Gasteiger partial charge in [0, 0.05) is 30.8 Å². The SMILES string of the molecule is CCNC(=NCc1cccc(C(=O)NCC2CCCO2)c1)NC(C)(C)C. The van der Waals surface area contributed by atoms with Crippen molar-refractivity contribution in [3.63, 3.8) is 0 Å². The van der Waals surface area contributed by atoms with Crippen LogP contribution in [-0.4, -0.2) is 43.2 Å². The van der Waals surface area contributed by atoms with Crippen molar-refractivity contribution in [3.05, 3.63) is 35.4 Å². The van der Waals surface area contributed by atoms with Crippen LogP contribution >= 0.6 is 0 Å². The van der Waals surface area contributed by atoms with Gasteiger partial charge in [0.05, 0.1) is 12.6 Å². The average Bonchev–Trinajstić information content (AvgIpc) is 3.10. The first-order chi connectivity index (χ1) is 12.4. The Bertz CT molecular complexity index is 616. The fourth-order valence-corrected chi connectivity index (χ4v) is 2.76. The minimum atomic E-state index is -0.0644. The second-order valence-corrected chi connectivity index (χ2v) is 7.62. The predicted molar refractivity (Wildman–Crippen MR) is 105 cm³/mol. The van der Waals surface area contributed by atoms with Crippen LogP contribution in [0.4, 0.5) is 0 Å². The molecule has 1 fully saturated rings. The van der Waals surface area contributed by atoms with Gasteiger partial charge in [0.1, 0.15) is 0 Å². The lowest BCUT2D eigenvalue weighted by molar-refractivity contribution is 0.0857. The van der Waals surface area contributed by atoms with Crippen molar-refractivity contribution in [2.75, 3.05) is 19.7 Å². The third kappa shape index (κ3) is 7.04. The minimum Gasteiger partial charge on any atom is -0.376 e. The largest absolute Gasteiger partial charge is 0.376 e. The van der Waals surface area contributed by atoms with Crippen molar-refractivity contribution in [2.24, 2.45) is 4.99 Å². The van der Waals surface area contributed by atoms with Crippen molar-refractivity contribution in [1.29, 1.82) is 0 Å². The number of nitrogens with one attached hydrogen (secondary N) is 3. The lowest BCUT2D eigenvalue weighted by Gasteiger charge is -2.23. The molecule has 1 saturated heterocycles. The van der Waals surface area contributed by atoms with E-state index in [1.165, 1.54) is 0 Å². The molecule has 1 unspecified atom stereocenters. The summed E-state index contributed by atoms with van der Waals surface area (Å²) in [6.07, 6.45) is 2.24. The standard InChI is InChI=1S/C20H32N4O2/c1-5-21-19(24-20(2,3)4)23-13-15-8-6-9-16(12-15)18(25)22-14-17-10-7-11-26-17/h6,8-9,12,17H,5,7,10-11,13-14H2,1-4H3,(H,22,25)(H2,21,23,24). The topological polar surface area (TPSA) is 74.8 Å². The number of ether oxygens (including phenoxy) is 1. The van der Waals surface area contributed by atoms with Crippen LogP contribution in [0, 0.1) is 0 Å². The van der Waals surface area contributed by atoms with Crippen LogP contribution in [0.15, 0.2) is 29.3 Å². The van der Waals surface area contributed by atoms with E-state index < -0.39 is 0 Å². The molecular formula is C20H32N4O2. The van der Waals surface area contributed by atoms with Gasteiger partial charge in [-0.15, -0.1) is 0 Å². The van der Waals surface area contributed by atoms with Gasteiger partial charge in [-0.25, -0.2) is 4.99 Å². The smallest absolute Gasteiger partial charge is 0.251 e. The number of hydrogen-bond acceptors (Lipinski definition) is 3. The van der Waals surface area contributed by atoms with E-state index in [0.717, 1.165) is 37.5 Å². The second-order valence-electron chi connectivity index (χ2n) is 7.62. The first-order valence-electron chi connectivity index (χ1n) is 9.42. The van der Waals surface area contributed by atoms with E-state index in [1.807, 2.05) is 31.2 Å². The van der Waals surface area contributed by atoms with Crippen molar-refractivity contribution in [1.82, 2.24) is 16.0 Å². The fraction of sp³-hybridized carbons (Fsp3) is 0.600. The Morgan fingerprint density at radius 1 is 1.31 bits per heavy atom. The van der Waals surface area contributed by atoms with E-state index in [2.05, 4.69) is 41.7 Å². The summed E-state index contributed by atoms with van der Waals surface area (Å²) in [6.45, 7) is 11.0. The number of aliphatic imine (C=N–C) groups is 1. The molecular weight excluding hydrogens is 328 g/mol. The lowest BCUT2D eigenvalue weighted by Crippen LogP contribution is -2.47. The molecule has 3 N–H and O–H groups in total. The number of guanidine groups is 1. The summed E-state index contributed by atoms with van der Waals surface area (Å²) in [5.41, 5.74) is 1.59. The maximum Gasteiger partial charge on any atom is 0.251 e. The molecule has 6 nitrogen and oxygen atoms in total. The molecule has 144 valence electrons. The zero-order valence-corrected chi connectivity index (χ0v) is 16.4. The summed E-state index contributed by atoms with van der Waals surface area (Å²) in [5, 5.41) is 9.57. The van der Waals surface area contributed by atoms with Gasteiger partial charge < -0.3 is 20.7 Å². The normalized spacial score (nSPS) is 17.8. The van der Waals surface area contributed by atoms with Crippen molar-refractivity contribution >= 4 is 11.9 Å². The Morgan fingerprint density at radius 3 is 2.77 bits per heavy atom. The first-order valence-corrected chi connectivity index (χ1v) is 9.42. The van der Waals surface area contributed by atoms with Crippen molar-refractivity contribution in [3.8, 4) is 0 Å². The highest BCUT2D eigenvalue weighted by Gasteiger charge is 2.17. The Labute approximate surface area is 156 Å². The number of amides is 1. The second kappa shape index (κ2) is 9.57. The van der Waals surface area contributed by atoms with Crippen LogP contribution in [-0.2, 0) is 11.3 Å². The van der Waals surface area contributed by atoms with Gasteiger partial charge in [-0.05, 0) is 58.2 Å². The molecule has 1 aromatic carbocycles. The first kappa shape index (κ1) is 20.2. The molecule has 6 heteroatoms. The average molecular weight is 361 g/mol. The molecule has 1 heterocycles. The van der Waals surface area contributed by atoms with E-state index in [-0.39, 0.29) is 17.6 Å². The molecule has 0 saturated carbocycles. The van der Waals surface area contributed by atoms with Gasteiger partial charge in [-0.3, -0.25) is 4.79 Å². The van der Waals surface area contributed by atoms with Crippen LogP contribution in [0.1, 0.15) is 56.5 Å². The molecule has 1 aliphatic heterocycles. The molecule has 1 aromatic rings. The molecule has 1 atom stereocenters. The Balaban J connectivity index is 1.96. The zero-order chi connectivity index (χ0) is 19.0. The highest BCUT2D eigenvalue weighted by atomic mass is 16.5. The number of benzene rings is 1. The maximum atomic E-state index is 12.4. The third-order valence-corrected chi connectivity index (χ3v) is 3.96. The van der Waals surface area contributed by atoms with Crippen molar-refractivity contribution in [2.45, 2.75) is 58.7 Å². The van der Waals surface area contributed by atoms with E-state index in [0.29, 0.717) is 18.7 Å². The van der Waals surface area contributed by atoms with Crippen LogP contribution < -0.4 is 16.0 Å². The number of nitrogens with zero attached hydrogens (tertiary/aromatic N) is 1. The molecule has 26 heavy (non-hydrogen) atoms. The number of hydrogen-bond donors (Lipinski definition) is 3. The molecule has 2 rings (SSSR count). The van der Waals surface area contributed by atoms with E-state index in [4.69, 9.17) is 4.74 Å². The molecule has 0 radical (unpaired) electrons. The van der Waals surface area contributed by atoms with Gasteiger partial charge in [0.15, 0.2) is 5.96 Å². The van der Waals surface area contributed by atoms with E-state index >= 15 is 0 Å². The fourth-order valence-electron chi connectivity index (χ4n) is 2.76. The van der Waals surface area contributed by atoms with Gasteiger partial charge in [0.25, 0.3) is 5.91 Å². The lowest BCUT2D eigenvalue weighted by atomic mass is 10.1. The van der Waals surface area contributed by atoms with E-state index in [1.54, 1.807) is 0 Å². The maximum absolute atomic E-state index is 12.4. The Morgan fingerprint density at radius 2 is 2.12 bits per heavy atom. The summed E-state index contributed by atoms with van der Waals surface area (Å²) < 4.78 is 5.54. The van der Waals surface area contributed by atoms with Gasteiger partial charge in [-0.2, -0.15) is 0 Å². The Hall–Kier alpha value is -2.08. The van der Waals surface area contributed by atoms with Gasteiger partial charge >= 0.3 is 0 Å². The van der Waals surface area contributed by atoms with E-state index in [9.17, 15) is 4.79 Å². The number of carbonyl (C=O) groups excluding carboxylic acids is 1. The summed E-state index contributed by atoms with van der Waals surface area (Å²) in [6, 6.07) is 7.61. The molecule has 0 spiro atoms. The summed E-state index contributed by atoms with van der Waals surface area (Å²) in [7, 11) is 0. The van der Waals surface area contributed by atoms with Crippen LogP contribution in [0.3, 0.4) is 0 Å². The summed E-state index contributed by atoms with van der Waals surface area (Å²) in [4.78, 5) is 17.0. The zero-order valence-electron chi connectivity index (χ0n) is 16.4.